The molecular formula is C14H16N2O2S. The van der Waals surface area contributed by atoms with Crippen LogP contribution in [0.15, 0.2) is 41.9 Å². The highest BCUT2D eigenvalue weighted by Gasteiger charge is 2.10. The number of para-hydroxylation sites is 1. The molecule has 0 spiro atoms. The van der Waals surface area contributed by atoms with Gasteiger partial charge in [-0.1, -0.05) is 18.2 Å². The Morgan fingerprint density at radius 1 is 1.37 bits per heavy atom. The molecular weight excluding hydrogens is 260 g/mol. The van der Waals surface area contributed by atoms with Crippen molar-refractivity contribution in [2.24, 2.45) is 0 Å². The summed E-state index contributed by atoms with van der Waals surface area (Å²) in [6.07, 6.45) is 2.12. The van der Waals surface area contributed by atoms with Crippen LogP contribution in [0.2, 0.25) is 0 Å². The van der Waals surface area contributed by atoms with Crippen LogP contribution < -0.4 is 4.74 Å². The first kappa shape index (κ1) is 13.5. The predicted octanol–water partition coefficient (Wildman–Crippen LogP) is 2.57. The molecule has 0 aliphatic rings. The predicted molar refractivity (Wildman–Crippen MR) is 75.1 cm³/mol. The summed E-state index contributed by atoms with van der Waals surface area (Å²) in [5, 5.41) is 2.85. The smallest absolute Gasteiger partial charge is 0.226 e. The summed E-state index contributed by atoms with van der Waals surface area (Å²) >= 11 is 1.55. The van der Waals surface area contributed by atoms with Crippen LogP contribution >= 0.6 is 11.3 Å². The minimum Gasteiger partial charge on any atom is -0.493 e. The first-order valence-corrected chi connectivity index (χ1v) is 6.94. The number of rotatable bonds is 6. The lowest BCUT2D eigenvalue weighted by atomic mass is 10.3. The molecule has 0 aliphatic carbocycles. The van der Waals surface area contributed by atoms with Crippen molar-refractivity contribution in [1.29, 1.82) is 0 Å². The summed E-state index contributed by atoms with van der Waals surface area (Å²) in [7, 11) is 1.78. The molecule has 2 aromatic rings. The summed E-state index contributed by atoms with van der Waals surface area (Å²) in [6, 6.07) is 9.50. The molecule has 0 radical (unpaired) electrons. The second kappa shape index (κ2) is 6.89. The van der Waals surface area contributed by atoms with Crippen LogP contribution in [-0.2, 0) is 11.3 Å². The van der Waals surface area contributed by atoms with Gasteiger partial charge >= 0.3 is 0 Å². The standard InChI is InChI=1S/C14H16N2O2S/c1-16(11-13-15-8-10-19-13)14(17)7-9-18-12-5-3-2-4-6-12/h2-6,8,10H,7,9,11H2,1H3. The molecule has 0 bridgehead atoms. The zero-order chi connectivity index (χ0) is 13.5. The van der Waals surface area contributed by atoms with Crippen molar-refractivity contribution in [3.05, 3.63) is 46.9 Å². The lowest BCUT2D eigenvalue weighted by Gasteiger charge is -2.15. The number of hydrogen-bond acceptors (Lipinski definition) is 4. The molecule has 0 saturated heterocycles. The van der Waals surface area contributed by atoms with Crippen molar-refractivity contribution in [2.75, 3.05) is 13.7 Å². The molecule has 19 heavy (non-hydrogen) atoms. The number of thiazole rings is 1. The Labute approximate surface area is 116 Å². The Kier molecular flexibility index (Phi) is 4.92. The van der Waals surface area contributed by atoms with Gasteiger partial charge in [0, 0.05) is 18.6 Å². The molecule has 1 amide bonds. The van der Waals surface area contributed by atoms with Crippen LogP contribution in [0.25, 0.3) is 0 Å². The third-order valence-electron chi connectivity index (χ3n) is 2.61. The van der Waals surface area contributed by atoms with E-state index in [1.54, 1.807) is 29.5 Å². The van der Waals surface area contributed by atoms with Crippen LogP contribution in [-0.4, -0.2) is 29.4 Å². The number of amides is 1. The van der Waals surface area contributed by atoms with Crippen molar-refractivity contribution >= 4 is 17.2 Å². The third kappa shape index (κ3) is 4.37. The molecule has 5 heteroatoms. The highest BCUT2D eigenvalue weighted by Crippen LogP contribution is 2.10. The number of benzene rings is 1. The first-order chi connectivity index (χ1) is 9.25. The average Bonchev–Trinajstić information content (AvgIpc) is 2.92. The highest BCUT2D eigenvalue weighted by molar-refractivity contribution is 7.09. The lowest BCUT2D eigenvalue weighted by Crippen LogP contribution is -2.27. The minimum absolute atomic E-state index is 0.0612. The van der Waals surface area contributed by atoms with Crippen LogP contribution in [0, 0.1) is 0 Å². The molecule has 1 heterocycles. The van der Waals surface area contributed by atoms with Crippen molar-refractivity contribution in [3.63, 3.8) is 0 Å². The second-order valence-electron chi connectivity index (χ2n) is 4.09. The quantitative estimate of drug-likeness (QED) is 0.814. The Morgan fingerprint density at radius 2 is 2.16 bits per heavy atom. The summed E-state index contributed by atoms with van der Waals surface area (Å²) < 4.78 is 5.50. The molecule has 1 aromatic heterocycles. The van der Waals surface area contributed by atoms with Crippen LogP contribution in [0.5, 0.6) is 5.75 Å². The van der Waals surface area contributed by atoms with E-state index in [0.717, 1.165) is 10.8 Å². The van der Waals surface area contributed by atoms with Crippen molar-refractivity contribution in [2.45, 2.75) is 13.0 Å². The minimum atomic E-state index is 0.0612. The van der Waals surface area contributed by atoms with Gasteiger partial charge in [0.2, 0.25) is 5.91 Å². The van der Waals surface area contributed by atoms with Crippen molar-refractivity contribution in [1.82, 2.24) is 9.88 Å². The van der Waals surface area contributed by atoms with E-state index in [-0.39, 0.29) is 5.91 Å². The number of carbonyl (C=O) groups is 1. The largest absolute Gasteiger partial charge is 0.493 e. The van der Waals surface area contributed by atoms with Gasteiger partial charge in [-0.3, -0.25) is 4.79 Å². The summed E-state index contributed by atoms with van der Waals surface area (Å²) in [4.78, 5) is 17.7. The molecule has 0 atom stereocenters. The normalized spacial score (nSPS) is 10.2. The molecule has 4 nitrogen and oxygen atoms in total. The van der Waals surface area contributed by atoms with E-state index in [0.29, 0.717) is 19.6 Å². The van der Waals surface area contributed by atoms with Crippen molar-refractivity contribution in [3.8, 4) is 5.75 Å². The van der Waals surface area contributed by atoms with Gasteiger partial charge in [-0.15, -0.1) is 11.3 Å². The number of carbonyl (C=O) groups excluding carboxylic acids is 1. The lowest BCUT2D eigenvalue weighted by molar-refractivity contribution is -0.130. The molecule has 0 aliphatic heterocycles. The number of aromatic nitrogens is 1. The fourth-order valence-corrected chi connectivity index (χ4v) is 2.25. The maximum Gasteiger partial charge on any atom is 0.226 e. The van der Waals surface area contributed by atoms with Gasteiger partial charge in [0.1, 0.15) is 10.8 Å². The monoisotopic (exact) mass is 276 g/mol. The van der Waals surface area contributed by atoms with Gasteiger partial charge in [-0.2, -0.15) is 0 Å². The molecule has 0 saturated carbocycles. The molecule has 1 aromatic carbocycles. The van der Waals surface area contributed by atoms with E-state index in [2.05, 4.69) is 4.98 Å². The van der Waals surface area contributed by atoms with E-state index in [1.165, 1.54) is 0 Å². The van der Waals surface area contributed by atoms with Crippen LogP contribution in [0.1, 0.15) is 11.4 Å². The second-order valence-corrected chi connectivity index (χ2v) is 5.07. The number of hydrogen-bond donors (Lipinski definition) is 0. The molecule has 0 unspecified atom stereocenters. The number of ether oxygens (including phenoxy) is 1. The Hall–Kier alpha value is -1.88. The van der Waals surface area contributed by atoms with Crippen LogP contribution in [0.4, 0.5) is 0 Å². The summed E-state index contributed by atoms with van der Waals surface area (Å²) in [5.41, 5.74) is 0. The van der Waals surface area contributed by atoms with Gasteiger partial charge in [-0.05, 0) is 12.1 Å². The van der Waals surface area contributed by atoms with Crippen molar-refractivity contribution < 1.29 is 9.53 Å². The van der Waals surface area contributed by atoms with E-state index in [4.69, 9.17) is 4.74 Å². The van der Waals surface area contributed by atoms with E-state index in [1.807, 2.05) is 35.7 Å². The van der Waals surface area contributed by atoms with E-state index < -0.39 is 0 Å². The number of nitrogens with zero attached hydrogens (tertiary/aromatic N) is 2. The highest BCUT2D eigenvalue weighted by atomic mass is 32.1. The zero-order valence-electron chi connectivity index (χ0n) is 10.8. The molecule has 0 fully saturated rings. The fourth-order valence-electron chi connectivity index (χ4n) is 1.59. The zero-order valence-corrected chi connectivity index (χ0v) is 11.6. The summed E-state index contributed by atoms with van der Waals surface area (Å²) in [5.74, 6) is 0.851. The van der Waals surface area contributed by atoms with Gasteiger partial charge in [0.05, 0.1) is 19.6 Å². The third-order valence-corrected chi connectivity index (χ3v) is 3.37. The topological polar surface area (TPSA) is 42.4 Å². The van der Waals surface area contributed by atoms with Crippen LogP contribution in [0.3, 0.4) is 0 Å². The van der Waals surface area contributed by atoms with Gasteiger partial charge < -0.3 is 9.64 Å². The molecule has 100 valence electrons. The van der Waals surface area contributed by atoms with E-state index >= 15 is 0 Å². The Balaban J connectivity index is 1.72. The fraction of sp³-hybridized carbons (Fsp3) is 0.286. The van der Waals surface area contributed by atoms with Gasteiger partial charge in [0.15, 0.2) is 0 Å². The maximum atomic E-state index is 11.9. The Morgan fingerprint density at radius 3 is 2.84 bits per heavy atom. The first-order valence-electron chi connectivity index (χ1n) is 6.06. The SMILES string of the molecule is CN(Cc1nccs1)C(=O)CCOc1ccccc1. The maximum absolute atomic E-state index is 11.9. The summed E-state index contributed by atoms with van der Waals surface area (Å²) in [6.45, 7) is 0.951. The Bertz CT molecular complexity index is 499. The van der Waals surface area contributed by atoms with Gasteiger partial charge in [0.25, 0.3) is 0 Å². The molecule has 0 N–H and O–H groups in total. The van der Waals surface area contributed by atoms with Gasteiger partial charge in [-0.25, -0.2) is 4.98 Å². The molecule has 2 rings (SSSR count). The van der Waals surface area contributed by atoms with E-state index in [9.17, 15) is 4.79 Å². The average molecular weight is 276 g/mol.